The number of rotatable bonds is 1. The molecule has 0 N–H and O–H groups in total. The molecule has 1 atom stereocenters. The lowest BCUT2D eigenvalue weighted by atomic mass is 9.95. The number of hydrogen-bond acceptors (Lipinski definition) is 1. The molecule has 1 amide bonds. The zero-order valence-corrected chi connectivity index (χ0v) is 10.9. The first-order valence-electron chi connectivity index (χ1n) is 5.88. The molecule has 0 aliphatic carbocycles. The molecular weight excluding hydrogens is 174 g/mol. The van der Waals surface area contributed by atoms with E-state index in [-0.39, 0.29) is 0 Å². The minimum absolute atomic E-state index is 0.296. The van der Waals surface area contributed by atoms with Crippen LogP contribution in [-0.2, 0) is 4.79 Å². The molecule has 1 aliphatic rings. The van der Waals surface area contributed by atoms with Crippen LogP contribution in [0.2, 0.25) is 0 Å². The number of likely N-dealkylation sites (tertiary alicyclic amines) is 1. The van der Waals surface area contributed by atoms with E-state index in [1.165, 1.54) is 0 Å². The molecule has 0 bridgehead atoms. The maximum absolute atomic E-state index is 11.3. The van der Waals surface area contributed by atoms with Crippen molar-refractivity contribution in [3.05, 3.63) is 0 Å². The molecule has 1 fully saturated rings. The Bertz CT molecular complexity index is 143. The first-order chi connectivity index (χ1) is 6.63. The summed E-state index contributed by atoms with van der Waals surface area (Å²) in [6.07, 6.45) is 1.05. The number of nitrogens with zero attached hydrogens (tertiary/aromatic N) is 1. The van der Waals surface area contributed by atoms with E-state index in [4.69, 9.17) is 0 Å². The smallest absolute Gasteiger partial charge is 0.225 e. The Morgan fingerprint density at radius 1 is 1.21 bits per heavy atom. The van der Waals surface area contributed by atoms with Crippen LogP contribution in [0.4, 0.5) is 0 Å². The lowest BCUT2D eigenvalue weighted by molar-refractivity contribution is -0.130. The summed E-state index contributed by atoms with van der Waals surface area (Å²) >= 11 is 0. The normalized spacial score (nSPS) is 19.9. The molecule has 2 nitrogen and oxygen atoms in total. The van der Waals surface area contributed by atoms with Gasteiger partial charge in [-0.1, -0.05) is 41.5 Å². The van der Waals surface area contributed by atoms with Crippen molar-refractivity contribution in [2.24, 2.45) is 11.8 Å². The SMILES string of the molecule is CC.CC.CC(C)C1CCN(C)C1=O. The average molecular weight is 201 g/mol. The lowest BCUT2D eigenvalue weighted by Crippen LogP contribution is -2.24. The number of amides is 1. The maximum Gasteiger partial charge on any atom is 0.225 e. The molecule has 0 radical (unpaired) electrons. The van der Waals surface area contributed by atoms with Crippen molar-refractivity contribution >= 4 is 5.91 Å². The molecule has 0 aromatic heterocycles. The van der Waals surface area contributed by atoms with Crippen LogP contribution >= 0.6 is 0 Å². The van der Waals surface area contributed by atoms with Crippen molar-refractivity contribution in [2.75, 3.05) is 13.6 Å². The van der Waals surface area contributed by atoms with Gasteiger partial charge in [-0.2, -0.15) is 0 Å². The minimum atomic E-state index is 0.296. The highest BCUT2D eigenvalue weighted by Gasteiger charge is 2.30. The van der Waals surface area contributed by atoms with Crippen LogP contribution in [0.25, 0.3) is 0 Å². The lowest BCUT2D eigenvalue weighted by Gasteiger charge is -2.12. The predicted molar refractivity (Wildman–Crippen MR) is 63.3 cm³/mol. The summed E-state index contributed by atoms with van der Waals surface area (Å²) in [5.74, 6) is 1.14. The van der Waals surface area contributed by atoms with E-state index in [9.17, 15) is 4.79 Å². The van der Waals surface area contributed by atoms with Gasteiger partial charge in [-0.05, 0) is 12.3 Å². The summed E-state index contributed by atoms with van der Waals surface area (Å²) in [6, 6.07) is 0. The molecule has 1 rings (SSSR count). The predicted octanol–water partition coefficient (Wildman–Crippen LogP) is 3.17. The summed E-state index contributed by atoms with van der Waals surface area (Å²) in [7, 11) is 1.88. The van der Waals surface area contributed by atoms with Crippen LogP contribution in [0, 0.1) is 11.8 Å². The molecule has 86 valence electrons. The summed E-state index contributed by atoms with van der Waals surface area (Å²) < 4.78 is 0. The van der Waals surface area contributed by atoms with E-state index in [0.29, 0.717) is 17.7 Å². The van der Waals surface area contributed by atoms with Gasteiger partial charge in [0.1, 0.15) is 0 Å². The Hall–Kier alpha value is -0.530. The zero-order chi connectivity index (χ0) is 11.7. The molecule has 0 spiro atoms. The molecule has 0 aromatic rings. The van der Waals surface area contributed by atoms with Gasteiger partial charge < -0.3 is 4.90 Å². The van der Waals surface area contributed by atoms with Crippen molar-refractivity contribution in [1.29, 1.82) is 0 Å². The second kappa shape index (κ2) is 9.04. The molecule has 0 saturated carbocycles. The molecular formula is C12H27NO. The standard InChI is InChI=1S/C8H15NO.2C2H6/c1-6(2)7-4-5-9(3)8(7)10;2*1-2/h6-7H,4-5H2,1-3H3;2*1-2H3. The monoisotopic (exact) mass is 201 g/mol. The van der Waals surface area contributed by atoms with Gasteiger partial charge in [0, 0.05) is 19.5 Å². The quantitative estimate of drug-likeness (QED) is 0.638. The summed E-state index contributed by atoms with van der Waals surface area (Å²) in [6.45, 7) is 13.2. The largest absolute Gasteiger partial charge is 0.345 e. The van der Waals surface area contributed by atoms with Crippen LogP contribution in [0.5, 0.6) is 0 Å². The van der Waals surface area contributed by atoms with E-state index in [1.54, 1.807) is 0 Å². The van der Waals surface area contributed by atoms with Gasteiger partial charge in [-0.15, -0.1) is 0 Å². The Morgan fingerprint density at radius 3 is 1.79 bits per heavy atom. The van der Waals surface area contributed by atoms with Crippen LogP contribution in [0.3, 0.4) is 0 Å². The maximum atomic E-state index is 11.3. The Balaban J connectivity index is 0. The first-order valence-corrected chi connectivity index (χ1v) is 5.88. The van der Waals surface area contributed by atoms with E-state index in [0.717, 1.165) is 13.0 Å². The van der Waals surface area contributed by atoms with E-state index < -0.39 is 0 Å². The second-order valence-electron chi connectivity index (χ2n) is 3.40. The number of hydrogen-bond donors (Lipinski definition) is 0. The molecule has 14 heavy (non-hydrogen) atoms. The van der Waals surface area contributed by atoms with Gasteiger partial charge >= 0.3 is 0 Å². The topological polar surface area (TPSA) is 20.3 Å². The van der Waals surface area contributed by atoms with Crippen molar-refractivity contribution in [3.8, 4) is 0 Å². The molecule has 1 aliphatic heterocycles. The highest BCUT2D eigenvalue weighted by molar-refractivity contribution is 5.80. The van der Waals surface area contributed by atoms with Crippen molar-refractivity contribution < 1.29 is 4.79 Å². The van der Waals surface area contributed by atoms with E-state index in [2.05, 4.69) is 13.8 Å². The van der Waals surface area contributed by atoms with E-state index >= 15 is 0 Å². The fourth-order valence-electron chi connectivity index (χ4n) is 1.47. The first kappa shape index (κ1) is 15.9. The Morgan fingerprint density at radius 2 is 1.64 bits per heavy atom. The van der Waals surface area contributed by atoms with Crippen LogP contribution < -0.4 is 0 Å². The van der Waals surface area contributed by atoms with Gasteiger partial charge in [0.15, 0.2) is 0 Å². The van der Waals surface area contributed by atoms with Crippen molar-refractivity contribution in [3.63, 3.8) is 0 Å². The minimum Gasteiger partial charge on any atom is -0.345 e. The zero-order valence-electron chi connectivity index (χ0n) is 10.9. The molecule has 1 unspecified atom stereocenters. The van der Waals surface area contributed by atoms with Crippen LogP contribution in [0.1, 0.15) is 48.0 Å². The Kier molecular flexibility index (Phi) is 10.3. The summed E-state index contributed by atoms with van der Waals surface area (Å²) in [4.78, 5) is 13.1. The summed E-state index contributed by atoms with van der Waals surface area (Å²) in [5.41, 5.74) is 0. The van der Waals surface area contributed by atoms with Crippen molar-refractivity contribution in [2.45, 2.75) is 48.0 Å². The highest BCUT2D eigenvalue weighted by Crippen LogP contribution is 2.23. The van der Waals surface area contributed by atoms with Gasteiger partial charge in [-0.25, -0.2) is 0 Å². The fourth-order valence-corrected chi connectivity index (χ4v) is 1.47. The van der Waals surface area contributed by atoms with Gasteiger partial charge in [0.2, 0.25) is 5.91 Å². The van der Waals surface area contributed by atoms with E-state index in [1.807, 2.05) is 39.6 Å². The Labute approximate surface area is 89.7 Å². The number of carbonyl (C=O) groups is 1. The van der Waals surface area contributed by atoms with Crippen LogP contribution in [0.15, 0.2) is 0 Å². The fraction of sp³-hybridized carbons (Fsp3) is 0.917. The molecule has 1 heterocycles. The van der Waals surface area contributed by atoms with Gasteiger partial charge in [0.25, 0.3) is 0 Å². The highest BCUT2D eigenvalue weighted by atomic mass is 16.2. The molecule has 2 heteroatoms. The summed E-state index contributed by atoms with van der Waals surface area (Å²) in [5, 5.41) is 0. The third-order valence-corrected chi connectivity index (χ3v) is 2.27. The average Bonchev–Trinajstić information content (AvgIpc) is 2.54. The van der Waals surface area contributed by atoms with Gasteiger partial charge in [0.05, 0.1) is 0 Å². The van der Waals surface area contributed by atoms with Gasteiger partial charge in [-0.3, -0.25) is 4.79 Å². The van der Waals surface area contributed by atoms with Crippen LogP contribution in [-0.4, -0.2) is 24.4 Å². The third-order valence-electron chi connectivity index (χ3n) is 2.27. The van der Waals surface area contributed by atoms with Crippen molar-refractivity contribution in [1.82, 2.24) is 4.90 Å². The third kappa shape index (κ3) is 4.64. The second-order valence-corrected chi connectivity index (χ2v) is 3.40. The molecule has 1 saturated heterocycles. The molecule has 0 aromatic carbocycles. The number of carbonyl (C=O) groups excluding carboxylic acids is 1.